The largest absolute Gasteiger partial charge is 0.481 e. The Balaban J connectivity index is 2.31. The lowest BCUT2D eigenvalue weighted by Crippen LogP contribution is -2.58. The molecule has 2 unspecified atom stereocenters. The molecule has 3 N–H and O–H groups in total. The second kappa shape index (κ2) is 8.49. The van der Waals surface area contributed by atoms with Crippen LogP contribution in [-0.4, -0.2) is 53.6 Å². The fraction of sp³-hybridized carbons (Fsp3) is 0.786. The van der Waals surface area contributed by atoms with Crippen molar-refractivity contribution in [3.05, 3.63) is 0 Å². The first-order chi connectivity index (χ1) is 9.95. The molecule has 0 saturated carbocycles. The van der Waals surface area contributed by atoms with Crippen molar-refractivity contribution in [1.82, 2.24) is 15.5 Å². The highest BCUT2D eigenvalue weighted by atomic mass is 16.4. The van der Waals surface area contributed by atoms with Gasteiger partial charge in [-0.15, -0.1) is 0 Å². The van der Waals surface area contributed by atoms with E-state index in [9.17, 15) is 14.4 Å². The Labute approximate surface area is 125 Å². The van der Waals surface area contributed by atoms with Gasteiger partial charge in [-0.1, -0.05) is 13.3 Å². The highest BCUT2D eigenvalue weighted by Gasteiger charge is 2.28. The molecule has 0 aromatic rings. The number of carbonyl (C=O) groups is 3. The number of aliphatic carboxylic acids is 1. The molecule has 0 spiro atoms. The van der Waals surface area contributed by atoms with E-state index in [-0.39, 0.29) is 18.4 Å². The van der Waals surface area contributed by atoms with Crippen LogP contribution < -0.4 is 10.6 Å². The molecule has 0 aromatic heterocycles. The predicted octanol–water partition coefficient (Wildman–Crippen LogP) is 0.797. The molecule has 1 aliphatic heterocycles. The van der Waals surface area contributed by atoms with E-state index in [0.29, 0.717) is 32.0 Å². The molecule has 1 heterocycles. The minimum Gasteiger partial charge on any atom is -0.481 e. The average Bonchev–Trinajstić information content (AvgIpc) is 2.45. The molecule has 1 saturated heterocycles. The summed E-state index contributed by atoms with van der Waals surface area (Å²) in [5.41, 5.74) is 0. The summed E-state index contributed by atoms with van der Waals surface area (Å²) in [5.74, 6) is -0.626. The third-order valence-electron chi connectivity index (χ3n) is 3.93. The molecule has 3 amide bonds. The number of nitrogens with one attached hydrogen (secondary N) is 2. The number of carboxylic acid groups (broad SMARTS) is 1. The SMILES string of the molecule is CCC(CCNC(=O)N1CCNC(=O)C1C)CCC(=O)O. The predicted molar refractivity (Wildman–Crippen MR) is 77.8 cm³/mol. The molecule has 0 bridgehead atoms. The molecule has 21 heavy (non-hydrogen) atoms. The van der Waals surface area contributed by atoms with Crippen LogP contribution in [0.5, 0.6) is 0 Å². The van der Waals surface area contributed by atoms with Crippen LogP contribution in [0.1, 0.15) is 39.5 Å². The van der Waals surface area contributed by atoms with E-state index in [0.717, 1.165) is 12.8 Å². The van der Waals surface area contributed by atoms with Gasteiger partial charge in [-0.3, -0.25) is 9.59 Å². The monoisotopic (exact) mass is 299 g/mol. The van der Waals surface area contributed by atoms with Crippen molar-refractivity contribution >= 4 is 17.9 Å². The van der Waals surface area contributed by atoms with Gasteiger partial charge in [0.25, 0.3) is 0 Å². The molecule has 0 radical (unpaired) electrons. The summed E-state index contributed by atoms with van der Waals surface area (Å²) in [5, 5.41) is 14.2. The van der Waals surface area contributed by atoms with Gasteiger partial charge >= 0.3 is 12.0 Å². The van der Waals surface area contributed by atoms with Crippen LogP contribution in [0.25, 0.3) is 0 Å². The summed E-state index contributed by atoms with van der Waals surface area (Å²) in [6, 6.07) is -0.682. The van der Waals surface area contributed by atoms with E-state index in [2.05, 4.69) is 10.6 Å². The second-order valence-corrected chi connectivity index (χ2v) is 5.39. The van der Waals surface area contributed by atoms with Crippen molar-refractivity contribution in [3.63, 3.8) is 0 Å². The van der Waals surface area contributed by atoms with Gasteiger partial charge in [0.2, 0.25) is 5.91 Å². The van der Waals surface area contributed by atoms with Crippen LogP contribution in [0.2, 0.25) is 0 Å². The number of carboxylic acids is 1. The van der Waals surface area contributed by atoms with Gasteiger partial charge < -0.3 is 20.6 Å². The number of hydrogen-bond acceptors (Lipinski definition) is 3. The molecule has 0 aromatic carbocycles. The summed E-state index contributed by atoms with van der Waals surface area (Å²) >= 11 is 0. The average molecular weight is 299 g/mol. The molecule has 7 heteroatoms. The normalized spacial score (nSPS) is 19.8. The Morgan fingerprint density at radius 1 is 1.48 bits per heavy atom. The topological polar surface area (TPSA) is 98.7 Å². The Kier molecular flexibility index (Phi) is 6.98. The number of amides is 3. The lowest BCUT2D eigenvalue weighted by Gasteiger charge is -2.32. The van der Waals surface area contributed by atoms with Gasteiger partial charge in [0.1, 0.15) is 6.04 Å². The third-order valence-corrected chi connectivity index (χ3v) is 3.93. The van der Waals surface area contributed by atoms with Crippen molar-refractivity contribution < 1.29 is 19.5 Å². The van der Waals surface area contributed by atoms with Crippen molar-refractivity contribution in [2.75, 3.05) is 19.6 Å². The molecule has 2 atom stereocenters. The van der Waals surface area contributed by atoms with E-state index < -0.39 is 12.0 Å². The maximum atomic E-state index is 12.0. The van der Waals surface area contributed by atoms with E-state index in [1.165, 1.54) is 4.90 Å². The minimum atomic E-state index is -0.786. The first-order valence-corrected chi connectivity index (χ1v) is 7.49. The number of rotatable bonds is 7. The zero-order chi connectivity index (χ0) is 15.8. The number of piperazine rings is 1. The summed E-state index contributed by atoms with van der Waals surface area (Å²) in [7, 11) is 0. The van der Waals surface area contributed by atoms with Crippen LogP contribution >= 0.6 is 0 Å². The minimum absolute atomic E-state index is 0.135. The lowest BCUT2D eigenvalue weighted by molar-refractivity contribution is -0.137. The van der Waals surface area contributed by atoms with Gasteiger partial charge in [0, 0.05) is 26.1 Å². The second-order valence-electron chi connectivity index (χ2n) is 5.39. The summed E-state index contributed by atoms with van der Waals surface area (Å²) in [6.45, 7) is 5.21. The van der Waals surface area contributed by atoms with Crippen LogP contribution in [0.3, 0.4) is 0 Å². The summed E-state index contributed by atoms with van der Waals surface area (Å²) in [6.07, 6.45) is 2.44. The lowest BCUT2D eigenvalue weighted by atomic mass is 9.97. The van der Waals surface area contributed by atoms with Gasteiger partial charge in [0.15, 0.2) is 0 Å². The first kappa shape index (κ1) is 17.3. The van der Waals surface area contributed by atoms with Gasteiger partial charge in [-0.25, -0.2) is 4.79 Å². The molecule has 7 nitrogen and oxygen atoms in total. The van der Waals surface area contributed by atoms with Crippen LogP contribution in [0, 0.1) is 5.92 Å². The zero-order valence-corrected chi connectivity index (χ0v) is 12.7. The Morgan fingerprint density at radius 2 is 2.19 bits per heavy atom. The van der Waals surface area contributed by atoms with E-state index in [1.54, 1.807) is 6.92 Å². The maximum absolute atomic E-state index is 12.0. The van der Waals surface area contributed by atoms with Crippen molar-refractivity contribution in [3.8, 4) is 0 Å². The molecular formula is C14H25N3O4. The number of nitrogens with zero attached hydrogens (tertiary/aromatic N) is 1. The van der Waals surface area contributed by atoms with Crippen LogP contribution in [-0.2, 0) is 9.59 Å². The van der Waals surface area contributed by atoms with Crippen molar-refractivity contribution in [2.45, 2.75) is 45.6 Å². The Bertz CT molecular complexity index is 386. The Hall–Kier alpha value is -1.79. The fourth-order valence-electron chi connectivity index (χ4n) is 2.42. The van der Waals surface area contributed by atoms with Crippen molar-refractivity contribution in [1.29, 1.82) is 0 Å². The molecule has 1 aliphatic rings. The number of carbonyl (C=O) groups excluding carboxylic acids is 2. The fourth-order valence-corrected chi connectivity index (χ4v) is 2.42. The molecule has 1 rings (SSSR count). The van der Waals surface area contributed by atoms with E-state index in [1.807, 2.05) is 6.92 Å². The molecular weight excluding hydrogens is 274 g/mol. The quantitative estimate of drug-likeness (QED) is 0.647. The maximum Gasteiger partial charge on any atom is 0.318 e. The van der Waals surface area contributed by atoms with Crippen LogP contribution in [0.15, 0.2) is 0 Å². The van der Waals surface area contributed by atoms with Crippen LogP contribution in [0.4, 0.5) is 4.79 Å². The molecule has 120 valence electrons. The van der Waals surface area contributed by atoms with E-state index in [4.69, 9.17) is 5.11 Å². The Morgan fingerprint density at radius 3 is 2.81 bits per heavy atom. The standard InChI is InChI=1S/C14H25N3O4/c1-3-11(4-5-12(18)19)6-7-16-14(21)17-9-8-15-13(20)10(17)2/h10-11H,3-9H2,1-2H3,(H,15,20)(H,16,21)(H,18,19). The number of hydrogen-bond donors (Lipinski definition) is 3. The van der Waals surface area contributed by atoms with Gasteiger partial charge in [0.05, 0.1) is 0 Å². The molecule has 0 aliphatic carbocycles. The first-order valence-electron chi connectivity index (χ1n) is 7.49. The number of urea groups is 1. The van der Waals surface area contributed by atoms with Gasteiger partial charge in [-0.05, 0) is 25.7 Å². The summed E-state index contributed by atoms with van der Waals surface area (Å²) in [4.78, 5) is 35.6. The summed E-state index contributed by atoms with van der Waals surface area (Å²) < 4.78 is 0. The highest BCUT2D eigenvalue weighted by molar-refractivity contribution is 5.87. The van der Waals surface area contributed by atoms with Gasteiger partial charge in [-0.2, -0.15) is 0 Å². The molecule has 1 fully saturated rings. The highest BCUT2D eigenvalue weighted by Crippen LogP contribution is 2.14. The zero-order valence-electron chi connectivity index (χ0n) is 12.7. The third kappa shape index (κ3) is 5.61. The van der Waals surface area contributed by atoms with E-state index >= 15 is 0 Å². The van der Waals surface area contributed by atoms with Crippen molar-refractivity contribution in [2.24, 2.45) is 5.92 Å². The smallest absolute Gasteiger partial charge is 0.318 e.